The van der Waals surface area contributed by atoms with Crippen LogP contribution < -0.4 is 0 Å². The van der Waals surface area contributed by atoms with Gasteiger partial charge in [0, 0.05) is 56.4 Å². The number of aromatic nitrogens is 4. The molecule has 20 rings (SSSR count). The van der Waals surface area contributed by atoms with Crippen molar-refractivity contribution in [2.45, 2.75) is 0 Å². The van der Waals surface area contributed by atoms with Gasteiger partial charge in [-0.25, -0.2) is 0 Å². The maximum Gasteiger partial charge on any atom is 0.0702 e. The zero-order valence-corrected chi connectivity index (χ0v) is 51.0. The Morgan fingerprint density at radius 3 is 1.24 bits per heavy atom. The van der Waals surface area contributed by atoms with E-state index in [1.807, 2.05) is 24.5 Å². The van der Waals surface area contributed by atoms with Crippen LogP contribution in [0, 0.1) is 0 Å². The lowest BCUT2D eigenvalue weighted by molar-refractivity contribution is 1.18. The van der Waals surface area contributed by atoms with Gasteiger partial charge in [-0.2, -0.15) is 0 Å². The summed E-state index contributed by atoms with van der Waals surface area (Å²) in [7, 11) is 0. The smallest absolute Gasteiger partial charge is 0.0702 e. The second-order valence-corrected chi connectivity index (χ2v) is 25.1. The molecule has 0 amide bonds. The Morgan fingerprint density at radius 1 is 0.191 bits per heavy atom. The van der Waals surface area contributed by atoms with Gasteiger partial charge in [0.15, 0.2) is 0 Å². The number of hydrogen-bond donors (Lipinski definition) is 0. The van der Waals surface area contributed by atoms with Gasteiger partial charge in [-0.3, -0.25) is 9.97 Å². The topological polar surface area (TPSA) is 35.6 Å². The van der Waals surface area contributed by atoms with E-state index in [0.29, 0.717) is 0 Å². The molecule has 0 radical (unpaired) electrons. The maximum atomic E-state index is 4.70. The van der Waals surface area contributed by atoms with Crippen molar-refractivity contribution in [3.63, 3.8) is 0 Å². The standard InChI is InChI=1S/C90H54N4/c1-4-24-82-70(18-1)71-19-2-5-25-83(71)93(82)64-40-32-56(33-41-64)66-48-49-76-78(54-79-67(42-34-60-39-47-75(66)90(76)88(60)79)55-28-30-57(31-29-55)80-22-7-9-50-91-80)72-21-13-27-85-89(72)77-20-3-6-26-84(77)94(85)65-17-12-15-62(53-65)69-44-36-59-37-45-73-68(43-35-58-38-46-74(69)87(59)86(58)73)61-14-11-16-63(52-61)81-23-8-10-51-92-81/h1-54H. The number of nitrogens with zero attached hydrogens (tertiary/aromatic N) is 4. The Balaban J connectivity index is 0.761. The van der Waals surface area contributed by atoms with E-state index in [4.69, 9.17) is 4.98 Å². The first kappa shape index (κ1) is 52.3. The van der Waals surface area contributed by atoms with E-state index < -0.39 is 0 Å². The fourth-order valence-electron chi connectivity index (χ4n) is 16.0. The lowest BCUT2D eigenvalue weighted by Crippen LogP contribution is -1.95. The predicted molar refractivity (Wildman–Crippen MR) is 396 cm³/mol. The molecule has 16 aromatic carbocycles. The lowest BCUT2D eigenvalue weighted by atomic mass is 9.83. The van der Waals surface area contributed by atoms with Gasteiger partial charge >= 0.3 is 0 Å². The summed E-state index contributed by atoms with van der Waals surface area (Å²) < 4.78 is 4.89. The summed E-state index contributed by atoms with van der Waals surface area (Å²) in [6, 6.07) is 117. The Morgan fingerprint density at radius 2 is 0.617 bits per heavy atom. The van der Waals surface area contributed by atoms with Crippen LogP contribution in [0.25, 0.3) is 198 Å². The second kappa shape index (κ2) is 20.5. The fourth-order valence-corrected chi connectivity index (χ4v) is 16.0. The van der Waals surface area contributed by atoms with Crippen LogP contribution in [0.5, 0.6) is 0 Å². The third-order valence-electron chi connectivity index (χ3n) is 20.2. The Hall–Kier alpha value is -12.5. The monoisotopic (exact) mass is 1190 g/mol. The predicted octanol–water partition coefficient (Wildman–Crippen LogP) is 24.1. The normalized spacial score (nSPS) is 12.0. The van der Waals surface area contributed by atoms with Crippen LogP contribution in [0.1, 0.15) is 0 Å². The number of pyridine rings is 2. The highest BCUT2D eigenvalue weighted by atomic mass is 15.0. The third kappa shape index (κ3) is 7.87. The number of benzene rings is 16. The molecule has 4 aromatic heterocycles. The summed E-state index contributed by atoms with van der Waals surface area (Å²) in [4.78, 5) is 9.39. The molecule has 0 aliphatic rings. The summed E-state index contributed by atoms with van der Waals surface area (Å²) in [6.45, 7) is 0. The minimum atomic E-state index is 0.961. The van der Waals surface area contributed by atoms with E-state index in [1.165, 1.54) is 147 Å². The van der Waals surface area contributed by atoms with Gasteiger partial charge in [-0.05, 0) is 205 Å². The van der Waals surface area contributed by atoms with Crippen LogP contribution in [0.15, 0.2) is 328 Å². The molecule has 0 unspecified atom stereocenters. The van der Waals surface area contributed by atoms with Gasteiger partial charge < -0.3 is 9.13 Å². The summed E-state index contributed by atoms with van der Waals surface area (Å²) in [5.41, 5.74) is 23.0. The molecule has 0 saturated carbocycles. The van der Waals surface area contributed by atoms with Crippen LogP contribution in [-0.2, 0) is 0 Å². The van der Waals surface area contributed by atoms with E-state index >= 15 is 0 Å². The zero-order chi connectivity index (χ0) is 61.5. The van der Waals surface area contributed by atoms with Crippen molar-refractivity contribution in [1.29, 1.82) is 0 Å². The van der Waals surface area contributed by atoms with E-state index in [0.717, 1.165) is 50.5 Å². The van der Waals surface area contributed by atoms with E-state index in [2.05, 4.69) is 317 Å². The molecule has 4 heteroatoms. The van der Waals surface area contributed by atoms with E-state index in [-0.39, 0.29) is 0 Å². The first-order chi connectivity index (χ1) is 46.6. The van der Waals surface area contributed by atoms with Gasteiger partial charge in [-0.15, -0.1) is 0 Å². The van der Waals surface area contributed by atoms with Crippen molar-refractivity contribution >= 4 is 108 Å². The Bertz CT molecular complexity index is 6380. The van der Waals surface area contributed by atoms with Crippen LogP contribution in [-0.4, -0.2) is 19.1 Å². The molecule has 0 bridgehead atoms. The van der Waals surface area contributed by atoms with Gasteiger partial charge in [-0.1, -0.05) is 231 Å². The van der Waals surface area contributed by atoms with Gasteiger partial charge in [0.2, 0.25) is 0 Å². The molecule has 20 aromatic rings. The molecule has 434 valence electrons. The Kier molecular flexibility index (Phi) is 11.4. The molecule has 0 atom stereocenters. The summed E-state index contributed by atoms with van der Waals surface area (Å²) in [5, 5.41) is 20.0. The minimum absolute atomic E-state index is 0.961. The number of fused-ring (bicyclic) bond motifs is 6. The molecule has 0 aliphatic carbocycles. The summed E-state index contributed by atoms with van der Waals surface area (Å²) in [5.74, 6) is 0. The van der Waals surface area contributed by atoms with Crippen LogP contribution in [0.4, 0.5) is 0 Å². The van der Waals surface area contributed by atoms with Gasteiger partial charge in [0.05, 0.1) is 33.5 Å². The largest absolute Gasteiger partial charge is 0.309 e. The molecule has 4 heterocycles. The van der Waals surface area contributed by atoms with Crippen molar-refractivity contribution in [3.8, 4) is 89.5 Å². The molecular formula is C90H54N4. The summed E-state index contributed by atoms with van der Waals surface area (Å²) >= 11 is 0. The van der Waals surface area contributed by atoms with Crippen molar-refractivity contribution in [2.75, 3.05) is 0 Å². The van der Waals surface area contributed by atoms with E-state index in [1.54, 1.807) is 0 Å². The average molecular weight is 1190 g/mol. The zero-order valence-electron chi connectivity index (χ0n) is 51.0. The molecular weight excluding hydrogens is 1140 g/mol. The Labute approximate surface area is 541 Å². The number of para-hydroxylation sites is 3. The van der Waals surface area contributed by atoms with Crippen molar-refractivity contribution in [1.82, 2.24) is 19.1 Å². The highest BCUT2D eigenvalue weighted by Gasteiger charge is 2.24. The molecule has 0 spiro atoms. The fraction of sp³-hybridized carbons (Fsp3) is 0. The molecule has 94 heavy (non-hydrogen) atoms. The van der Waals surface area contributed by atoms with Crippen molar-refractivity contribution in [3.05, 3.63) is 328 Å². The van der Waals surface area contributed by atoms with Crippen LogP contribution in [0.2, 0.25) is 0 Å². The highest BCUT2D eigenvalue weighted by Crippen LogP contribution is 2.50. The van der Waals surface area contributed by atoms with Gasteiger partial charge in [0.25, 0.3) is 0 Å². The molecule has 0 N–H and O–H groups in total. The molecule has 0 aliphatic heterocycles. The van der Waals surface area contributed by atoms with Gasteiger partial charge in [0.1, 0.15) is 0 Å². The highest BCUT2D eigenvalue weighted by molar-refractivity contribution is 6.32. The maximum absolute atomic E-state index is 4.70. The quantitative estimate of drug-likeness (QED) is 0.135. The molecule has 0 saturated heterocycles. The lowest BCUT2D eigenvalue weighted by Gasteiger charge is -2.20. The number of hydrogen-bond acceptors (Lipinski definition) is 2. The third-order valence-corrected chi connectivity index (χ3v) is 20.2. The second-order valence-electron chi connectivity index (χ2n) is 25.1. The summed E-state index contributed by atoms with van der Waals surface area (Å²) in [6.07, 6.45) is 3.73. The van der Waals surface area contributed by atoms with Crippen LogP contribution >= 0.6 is 0 Å². The minimum Gasteiger partial charge on any atom is -0.309 e. The van der Waals surface area contributed by atoms with Crippen molar-refractivity contribution in [2.24, 2.45) is 0 Å². The van der Waals surface area contributed by atoms with E-state index in [9.17, 15) is 0 Å². The van der Waals surface area contributed by atoms with Crippen LogP contribution in [0.3, 0.4) is 0 Å². The number of rotatable bonds is 9. The SMILES string of the molecule is c1ccc(-c2ccc(-c3ccc4ccc5c(-c6ccc(-n7c8ccccc8c8ccccc87)cc6)ccc6c(-c7cccc8c7c7ccccc7n8-c7cccc(-c8ccc9ccc%10c(-c%11cccc(-c%12ccccn%12)c%11)ccc%11ccc8c9c%11%10)c7)cc3c4c56)cc2)nc1. The first-order valence-electron chi connectivity index (χ1n) is 32.3. The first-order valence-corrected chi connectivity index (χ1v) is 32.3. The molecule has 4 nitrogen and oxygen atoms in total. The molecule has 0 fully saturated rings. The average Bonchev–Trinajstić information content (AvgIpc) is 1.20. The van der Waals surface area contributed by atoms with Crippen molar-refractivity contribution < 1.29 is 0 Å².